The van der Waals surface area contributed by atoms with Crippen LogP contribution in [0.3, 0.4) is 0 Å². The second-order valence-corrected chi connectivity index (χ2v) is 7.99. The minimum absolute atomic E-state index is 0.0137. The summed E-state index contributed by atoms with van der Waals surface area (Å²) in [7, 11) is 1.64. The zero-order chi connectivity index (χ0) is 20.4. The van der Waals surface area contributed by atoms with Gasteiger partial charge in [-0.15, -0.1) is 0 Å². The second kappa shape index (κ2) is 8.27. The van der Waals surface area contributed by atoms with Gasteiger partial charge >= 0.3 is 0 Å². The molecule has 0 N–H and O–H groups in total. The number of amides is 1. The predicted molar refractivity (Wildman–Crippen MR) is 109 cm³/mol. The molecule has 7 heteroatoms. The lowest BCUT2D eigenvalue weighted by Gasteiger charge is -2.41. The molecule has 0 aromatic heterocycles. The Morgan fingerprint density at radius 2 is 1.93 bits per heavy atom. The number of carbonyl (C=O) groups is 1. The van der Waals surface area contributed by atoms with Gasteiger partial charge in [-0.3, -0.25) is 14.6 Å². The van der Waals surface area contributed by atoms with Gasteiger partial charge in [0.1, 0.15) is 11.6 Å². The van der Waals surface area contributed by atoms with Crippen molar-refractivity contribution in [2.45, 2.75) is 18.9 Å². The fourth-order valence-corrected chi connectivity index (χ4v) is 4.81. The van der Waals surface area contributed by atoms with E-state index in [9.17, 15) is 14.4 Å². The Kier molecular flexibility index (Phi) is 5.56. The molecule has 2 aliphatic heterocycles. The van der Waals surface area contributed by atoms with Crippen LogP contribution < -0.4 is 4.74 Å². The number of halogens is 1. The number of allylic oxidation sites excluding steroid dienone is 1. The van der Waals surface area contributed by atoms with E-state index in [-0.39, 0.29) is 24.1 Å². The summed E-state index contributed by atoms with van der Waals surface area (Å²) in [5.41, 5.74) is 2.52. The molecular formula is C22H20FN3O2S. The lowest BCUT2D eigenvalue weighted by atomic mass is 9.86. The van der Waals surface area contributed by atoms with Crippen molar-refractivity contribution in [1.82, 2.24) is 9.80 Å². The van der Waals surface area contributed by atoms with Crippen LogP contribution in [0.4, 0.5) is 4.39 Å². The number of methoxy groups -OCH3 is 1. The van der Waals surface area contributed by atoms with E-state index in [0.29, 0.717) is 24.7 Å². The molecule has 4 rings (SSSR count). The first-order chi connectivity index (χ1) is 14.1. The van der Waals surface area contributed by atoms with Crippen LogP contribution in [0.25, 0.3) is 0 Å². The van der Waals surface area contributed by atoms with Gasteiger partial charge in [0.15, 0.2) is 0 Å². The Balaban J connectivity index is 1.54. The van der Waals surface area contributed by atoms with Crippen LogP contribution in [-0.4, -0.2) is 35.4 Å². The van der Waals surface area contributed by atoms with Crippen LogP contribution in [-0.2, 0) is 11.3 Å². The summed E-state index contributed by atoms with van der Waals surface area (Å²) >= 11 is 1.51. The number of benzene rings is 2. The number of carbonyl (C=O) groups excluding carboxylic acids is 1. The van der Waals surface area contributed by atoms with Gasteiger partial charge in [-0.1, -0.05) is 36.0 Å². The minimum atomic E-state index is -0.329. The van der Waals surface area contributed by atoms with Gasteiger partial charge in [0.25, 0.3) is 0 Å². The number of hydrogen-bond acceptors (Lipinski definition) is 5. The summed E-state index contributed by atoms with van der Waals surface area (Å²) in [6, 6.07) is 16.2. The zero-order valence-electron chi connectivity index (χ0n) is 16.0. The highest BCUT2D eigenvalue weighted by molar-refractivity contribution is 8.03. The van der Waals surface area contributed by atoms with Crippen molar-refractivity contribution < 1.29 is 13.9 Å². The predicted octanol–water partition coefficient (Wildman–Crippen LogP) is 4.05. The van der Waals surface area contributed by atoms with Crippen molar-refractivity contribution in [3.05, 3.63) is 76.1 Å². The number of fused-ring (bicyclic) bond motifs is 1. The largest absolute Gasteiger partial charge is 0.497 e. The Morgan fingerprint density at radius 3 is 2.59 bits per heavy atom. The molecule has 0 saturated carbocycles. The maximum absolute atomic E-state index is 13.3. The van der Waals surface area contributed by atoms with Crippen LogP contribution in [0.5, 0.6) is 5.75 Å². The van der Waals surface area contributed by atoms with Crippen LogP contribution >= 0.6 is 11.8 Å². The maximum atomic E-state index is 13.3. The lowest BCUT2D eigenvalue weighted by molar-refractivity contribution is -0.131. The number of hydrogen-bond donors (Lipinski definition) is 0. The number of thioether (sulfide) groups is 1. The number of nitrogens with zero attached hydrogens (tertiary/aromatic N) is 3. The number of nitriles is 1. The molecule has 1 saturated heterocycles. The molecule has 2 aromatic carbocycles. The molecule has 1 amide bonds. The summed E-state index contributed by atoms with van der Waals surface area (Å²) in [5, 5.41) is 10.5. The van der Waals surface area contributed by atoms with E-state index in [0.717, 1.165) is 21.9 Å². The normalized spacial score (nSPS) is 19.7. The fourth-order valence-electron chi connectivity index (χ4n) is 3.68. The lowest BCUT2D eigenvalue weighted by Crippen LogP contribution is -2.46. The second-order valence-electron chi connectivity index (χ2n) is 7.05. The van der Waals surface area contributed by atoms with Crippen molar-refractivity contribution in [3.63, 3.8) is 0 Å². The smallest absolute Gasteiger partial charge is 0.229 e. The van der Waals surface area contributed by atoms with E-state index in [1.54, 1.807) is 24.1 Å². The molecule has 0 aliphatic carbocycles. The molecule has 1 fully saturated rings. The van der Waals surface area contributed by atoms with Gasteiger partial charge in [-0.2, -0.15) is 5.26 Å². The first-order valence-corrected chi connectivity index (χ1v) is 10.3. The van der Waals surface area contributed by atoms with E-state index in [2.05, 4.69) is 11.0 Å². The third-order valence-corrected chi connectivity index (χ3v) is 6.40. The fraction of sp³-hybridized carbons (Fsp3) is 0.273. The number of rotatable bonds is 4. The summed E-state index contributed by atoms with van der Waals surface area (Å²) < 4.78 is 18.5. The Labute approximate surface area is 173 Å². The minimum Gasteiger partial charge on any atom is -0.497 e. The van der Waals surface area contributed by atoms with Gasteiger partial charge in [0.05, 0.1) is 36.3 Å². The summed E-state index contributed by atoms with van der Waals surface area (Å²) in [6.07, 6.45) is 0.217. The highest BCUT2D eigenvalue weighted by Gasteiger charge is 2.38. The molecule has 0 bridgehead atoms. The Morgan fingerprint density at radius 1 is 1.21 bits per heavy atom. The zero-order valence-corrected chi connectivity index (χ0v) is 16.8. The van der Waals surface area contributed by atoms with Crippen LogP contribution in [0.15, 0.2) is 59.1 Å². The summed E-state index contributed by atoms with van der Waals surface area (Å²) in [5.74, 6) is 0.834. The summed E-state index contributed by atoms with van der Waals surface area (Å²) in [4.78, 5) is 16.7. The SMILES string of the molecule is COc1ccc(CN2CSC3=C(C#N)[C@H](c4ccc(F)cc4)CC(=O)N3C2)cc1. The van der Waals surface area contributed by atoms with Crippen molar-refractivity contribution >= 4 is 17.7 Å². The van der Waals surface area contributed by atoms with E-state index < -0.39 is 0 Å². The molecular weight excluding hydrogens is 389 g/mol. The highest BCUT2D eigenvalue weighted by atomic mass is 32.2. The monoisotopic (exact) mass is 409 g/mol. The average molecular weight is 409 g/mol. The van der Waals surface area contributed by atoms with Gasteiger partial charge in [-0.05, 0) is 35.4 Å². The number of ether oxygens (including phenoxy) is 1. The quantitative estimate of drug-likeness (QED) is 0.763. The van der Waals surface area contributed by atoms with Crippen molar-refractivity contribution in [2.24, 2.45) is 0 Å². The van der Waals surface area contributed by atoms with E-state index in [1.165, 1.54) is 23.9 Å². The van der Waals surface area contributed by atoms with Crippen molar-refractivity contribution in [1.29, 1.82) is 5.26 Å². The molecule has 1 atom stereocenters. The molecule has 2 heterocycles. The third kappa shape index (κ3) is 4.00. The molecule has 0 spiro atoms. The van der Waals surface area contributed by atoms with Crippen molar-refractivity contribution in [3.8, 4) is 11.8 Å². The van der Waals surface area contributed by atoms with Gasteiger partial charge in [-0.25, -0.2) is 4.39 Å². The first-order valence-electron chi connectivity index (χ1n) is 9.27. The molecule has 2 aromatic rings. The van der Waals surface area contributed by atoms with Gasteiger partial charge < -0.3 is 4.74 Å². The van der Waals surface area contributed by atoms with Gasteiger partial charge in [0, 0.05) is 18.9 Å². The Bertz CT molecular complexity index is 983. The Hall–Kier alpha value is -2.82. The molecule has 29 heavy (non-hydrogen) atoms. The van der Waals surface area contributed by atoms with E-state index in [1.807, 2.05) is 24.3 Å². The highest BCUT2D eigenvalue weighted by Crippen LogP contribution is 2.42. The average Bonchev–Trinajstić information content (AvgIpc) is 2.75. The van der Waals surface area contributed by atoms with E-state index >= 15 is 0 Å². The van der Waals surface area contributed by atoms with Crippen LogP contribution in [0.2, 0.25) is 0 Å². The molecule has 0 unspecified atom stereocenters. The van der Waals surface area contributed by atoms with Crippen LogP contribution in [0.1, 0.15) is 23.5 Å². The van der Waals surface area contributed by atoms with Crippen LogP contribution in [0, 0.1) is 17.1 Å². The summed E-state index contributed by atoms with van der Waals surface area (Å²) in [6.45, 7) is 1.16. The molecule has 148 valence electrons. The topological polar surface area (TPSA) is 56.6 Å². The molecule has 0 radical (unpaired) electrons. The first kappa shape index (κ1) is 19.5. The standard InChI is InChI=1S/C22H20FN3O2S/c1-28-18-8-2-15(3-9-18)12-25-13-26-21(27)10-19(16-4-6-17(23)7-5-16)20(11-24)22(26)29-14-25/h2-9,19H,10,12-14H2,1H3/t19-/m0/s1. The maximum Gasteiger partial charge on any atom is 0.229 e. The van der Waals surface area contributed by atoms with E-state index in [4.69, 9.17) is 4.74 Å². The molecule has 5 nitrogen and oxygen atoms in total. The van der Waals surface area contributed by atoms with Gasteiger partial charge in [0.2, 0.25) is 5.91 Å². The molecule has 2 aliphatic rings. The third-order valence-electron chi connectivity index (χ3n) is 5.19. The van der Waals surface area contributed by atoms with Crippen molar-refractivity contribution in [2.75, 3.05) is 19.7 Å².